The van der Waals surface area contributed by atoms with Crippen LogP contribution in [0, 0.1) is 11.8 Å². The number of allylic oxidation sites excluding steroid dienone is 6. The number of rotatable bonds is 1. The third-order valence-electron chi connectivity index (χ3n) is 4.22. The van der Waals surface area contributed by atoms with Crippen LogP contribution in [0.25, 0.3) is 0 Å². The van der Waals surface area contributed by atoms with Gasteiger partial charge in [-0.3, -0.25) is 0 Å². The molecule has 0 aromatic heterocycles. The highest BCUT2D eigenvalue weighted by Gasteiger charge is 2.16. The van der Waals surface area contributed by atoms with Gasteiger partial charge in [0.25, 0.3) is 0 Å². The summed E-state index contributed by atoms with van der Waals surface area (Å²) in [6.07, 6.45) is 3.69. The normalized spacial score (nSPS) is 32.2. The third kappa shape index (κ3) is 2.78. The van der Waals surface area contributed by atoms with Crippen LogP contribution in [0.4, 0.5) is 0 Å². The first-order chi connectivity index (χ1) is 7.34. The predicted octanol–water partition coefficient (Wildman–Crippen LogP) is -0.436. The average Bonchev–Trinajstić information content (AvgIpc) is 2.23. The van der Waals surface area contributed by atoms with E-state index in [1.807, 2.05) is 0 Å². The minimum atomic E-state index is 0.693. The first-order valence-corrected chi connectivity index (χ1v) is 6.37. The fourth-order valence-electron chi connectivity index (χ4n) is 2.34. The Hall–Kier alpha value is -0.520. The van der Waals surface area contributed by atoms with Gasteiger partial charge in [-0.25, -0.2) is 0 Å². The molecule has 0 aliphatic heterocycles. The molecule has 1 rings (SSSR count). The molecule has 0 spiro atoms. The molecule has 0 aromatic rings. The molecule has 16 heavy (non-hydrogen) atoms. The summed E-state index contributed by atoms with van der Waals surface area (Å²) in [5, 5.41) is 0. The lowest BCUT2D eigenvalue weighted by molar-refractivity contribution is 0.460. The van der Waals surface area contributed by atoms with E-state index < -0.39 is 0 Å². The Morgan fingerprint density at radius 3 is 2.12 bits per heavy atom. The summed E-state index contributed by atoms with van der Waals surface area (Å²) in [6, 6.07) is 0. The molecule has 0 saturated carbocycles. The Kier molecular flexibility index (Phi) is 4.41. The van der Waals surface area contributed by atoms with E-state index in [2.05, 4.69) is 58.2 Å². The lowest BCUT2D eigenvalue weighted by Gasteiger charge is -2.25. The fraction of sp³-hybridized carbons (Fsp3) is 0.500. The maximum absolute atomic E-state index is 2.47. The van der Waals surface area contributed by atoms with Gasteiger partial charge >= 0.3 is 0 Å². The summed E-state index contributed by atoms with van der Waals surface area (Å²) in [5.74, 6) is 1.42. The third-order valence-corrected chi connectivity index (χ3v) is 4.22. The predicted molar refractivity (Wildman–Crippen MR) is 84.9 cm³/mol. The van der Waals surface area contributed by atoms with Crippen LogP contribution in [0.3, 0.4) is 0 Å². The van der Waals surface area contributed by atoms with Crippen molar-refractivity contribution in [2.75, 3.05) is 0 Å². The second-order valence-corrected chi connectivity index (χ2v) is 5.62. The van der Waals surface area contributed by atoms with Crippen molar-refractivity contribution in [3.05, 3.63) is 33.5 Å². The van der Waals surface area contributed by atoms with Crippen LogP contribution >= 0.6 is 0 Å². The first kappa shape index (κ1) is 13.5. The fourth-order valence-corrected chi connectivity index (χ4v) is 2.34. The van der Waals surface area contributed by atoms with Gasteiger partial charge in [0.2, 0.25) is 0 Å². The molecule has 0 fully saturated rings. The molecule has 0 bridgehead atoms. The summed E-state index contributed by atoms with van der Waals surface area (Å²) in [4.78, 5) is 0. The maximum atomic E-state index is 2.47. The molecule has 1 aliphatic rings. The van der Waals surface area contributed by atoms with Crippen LogP contribution in [-0.2, 0) is 0 Å². The Balaban J connectivity index is 3.27. The molecular weight excluding hydrogens is 187 g/mol. The SMILES string of the molecule is BC1=CC(C(C)C)C/C(C)=C(B)\C(B)=C/1B. The van der Waals surface area contributed by atoms with Crippen molar-refractivity contribution in [2.24, 2.45) is 11.8 Å². The van der Waals surface area contributed by atoms with Crippen molar-refractivity contribution in [2.45, 2.75) is 27.2 Å². The standard InChI is InChI=1S/C12H22B4/c1-6(2)8-4-7(3)10(14)12(16)11(15)9(13)5-8/h5-6,8H,4,13-16H2,1-3H3/b9-5?,10-7+,12-11-. The van der Waals surface area contributed by atoms with Crippen molar-refractivity contribution in [1.82, 2.24) is 0 Å². The number of hydrogen-bond acceptors (Lipinski definition) is 0. The van der Waals surface area contributed by atoms with E-state index >= 15 is 0 Å². The highest BCUT2D eigenvalue weighted by Crippen LogP contribution is 2.29. The smallest absolute Gasteiger partial charge is 0.102 e. The molecule has 0 heterocycles. The van der Waals surface area contributed by atoms with Crippen molar-refractivity contribution in [1.29, 1.82) is 0 Å². The second-order valence-electron chi connectivity index (χ2n) is 5.62. The molecule has 1 unspecified atom stereocenters. The zero-order valence-electron chi connectivity index (χ0n) is 11.9. The maximum Gasteiger partial charge on any atom is 0.138 e. The largest absolute Gasteiger partial charge is 0.138 e. The van der Waals surface area contributed by atoms with Gasteiger partial charge in [-0.1, -0.05) is 36.4 Å². The highest BCUT2D eigenvalue weighted by molar-refractivity contribution is 6.45. The monoisotopic (exact) mass is 210 g/mol. The first-order valence-electron chi connectivity index (χ1n) is 6.37. The highest BCUT2D eigenvalue weighted by atomic mass is 14.2. The lowest BCUT2D eigenvalue weighted by atomic mass is 9.61. The zero-order chi connectivity index (χ0) is 12.5. The van der Waals surface area contributed by atoms with Crippen molar-refractivity contribution >= 4 is 31.4 Å². The van der Waals surface area contributed by atoms with E-state index in [9.17, 15) is 0 Å². The van der Waals surface area contributed by atoms with Crippen LogP contribution in [0.2, 0.25) is 0 Å². The second kappa shape index (κ2) is 5.21. The Labute approximate surface area is 104 Å². The molecule has 0 nitrogen and oxygen atoms in total. The van der Waals surface area contributed by atoms with Gasteiger partial charge < -0.3 is 0 Å². The Bertz CT molecular complexity index is 374. The van der Waals surface area contributed by atoms with E-state index in [0.717, 1.165) is 5.92 Å². The molecular formula is C12H22B4. The van der Waals surface area contributed by atoms with E-state index in [1.54, 1.807) is 5.57 Å². The molecule has 0 N–H and O–H groups in total. The lowest BCUT2D eigenvalue weighted by Crippen LogP contribution is -2.13. The van der Waals surface area contributed by atoms with Gasteiger partial charge in [0.05, 0.1) is 0 Å². The minimum absolute atomic E-state index is 0.693. The summed E-state index contributed by atoms with van der Waals surface area (Å²) < 4.78 is 0. The van der Waals surface area contributed by atoms with Crippen LogP contribution in [-0.4, -0.2) is 31.4 Å². The van der Waals surface area contributed by atoms with Gasteiger partial charge in [-0.2, -0.15) is 0 Å². The Morgan fingerprint density at radius 2 is 1.62 bits per heavy atom. The van der Waals surface area contributed by atoms with Gasteiger partial charge in [-0.15, -0.1) is 10.9 Å². The van der Waals surface area contributed by atoms with Crippen LogP contribution in [0.5, 0.6) is 0 Å². The molecule has 0 amide bonds. The topological polar surface area (TPSA) is 0 Å². The van der Waals surface area contributed by atoms with Crippen molar-refractivity contribution < 1.29 is 0 Å². The van der Waals surface area contributed by atoms with Crippen LogP contribution in [0.1, 0.15) is 27.2 Å². The van der Waals surface area contributed by atoms with E-state index in [4.69, 9.17) is 0 Å². The molecule has 0 radical (unpaired) electrons. The van der Waals surface area contributed by atoms with Crippen LogP contribution < -0.4 is 0 Å². The Morgan fingerprint density at radius 1 is 1.06 bits per heavy atom. The number of hydrogen-bond donors (Lipinski definition) is 0. The summed E-state index contributed by atoms with van der Waals surface area (Å²) in [7, 11) is 9.02. The molecule has 82 valence electrons. The summed E-state index contributed by atoms with van der Waals surface area (Å²) >= 11 is 0. The molecule has 1 aliphatic carbocycles. The van der Waals surface area contributed by atoms with Gasteiger partial charge in [0.15, 0.2) is 0 Å². The molecule has 0 aromatic carbocycles. The molecule has 0 saturated heterocycles. The van der Waals surface area contributed by atoms with Gasteiger partial charge in [0, 0.05) is 0 Å². The van der Waals surface area contributed by atoms with E-state index in [-0.39, 0.29) is 0 Å². The average molecular weight is 210 g/mol. The van der Waals surface area contributed by atoms with Crippen molar-refractivity contribution in [3.63, 3.8) is 0 Å². The van der Waals surface area contributed by atoms with Crippen LogP contribution in [0.15, 0.2) is 33.5 Å². The zero-order valence-corrected chi connectivity index (χ0v) is 11.9. The molecule has 4 heteroatoms. The quantitative estimate of drug-likeness (QED) is 0.514. The van der Waals surface area contributed by atoms with Gasteiger partial charge in [-0.05, 0) is 25.2 Å². The minimum Gasteiger partial charge on any atom is -0.102 e. The molecule has 1 atom stereocenters. The summed E-state index contributed by atoms with van der Waals surface area (Å²) in [6.45, 7) is 6.94. The van der Waals surface area contributed by atoms with E-state index in [0.29, 0.717) is 5.92 Å². The van der Waals surface area contributed by atoms with Crippen molar-refractivity contribution in [3.8, 4) is 0 Å². The van der Waals surface area contributed by atoms with E-state index in [1.165, 1.54) is 28.3 Å². The van der Waals surface area contributed by atoms with Gasteiger partial charge in [0.1, 0.15) is 31.4 Å². The summed E-state index contributed by atoms with van der Waals surface area (Å²) in [5.41, 5.74) is 7.44.